The van der Waals surface area contributed by atoms with Gasteiger partial charge in [0.1, 0.15) is 12.4 Å². The van der Waals surface area contributed by atoms with Crippen LogP contribution >= 0.6 is 0 Å². The lowest BCUT2D eigenvalue weighted by atomic mass is 10.1. The van der Waals surface area contributed by atoms with E-state index in [-0.39, 0.29) is 12.5 Å². The number of hydrazine groups is 1. The van der Waals surface area contributed by atoms with Crippen LogP contribution in [0.15, 0.2) is 91.4 Å². The van der Waals surface area contributed by atoms with Crippen LogP contribution in [0, 0.1) is 0 Å². The quantitative estimate of drug-likeness (QED) is 0.359. The molecule has 1 aliphatic rings. The van der Waals surface area contributed by atoms with E-state index < -0.39 is 6.09 Å². The first-order valence-electron chi connectivity index (χ1n) is 12.6. The largest absolute Gasteiger partial charge is 0.443 e. The molecule has 1 N–H and O–H groups in total. The second-order valence-corrected chi connectivity index (χ2v) is 9.14. The van der Waals surface area contributed by atoms with E-state index in [9.17, 15) is 9.59 Å². The monoisotopic (exact) mass is 510 g/mol. The molecule has 4 aromatic rings. The lowest BCUT2D eigenvalue weighted by Gasteiger charge is -2.27. The van der Waals surface area contributed by atoms with Gasteiger partial charge in [0.25, 0.3) is 5.91 Å². The molecular formula is C29H30N6O3. The highest BCUT2D eigenvalue weighted by molar-refractivity contribution is 5.95. The van der Waals surface area contributed by atoms with Gasteiger partial charge in [0.15, 0.2) is 0 Å². The first-order valence-corrected chi connectivity index (χ1v) is 12.6. The van der Waals surface area contributed by atoms with Gasteiger partial charge in [-0.05, 0) is 41.8 Å². The zero-order chi connectivity index (χ0) is 26.2. The van der Waals surface area contributed by atoms with E-state index in [1.54, 1.807) is 12.4 Å². The molecule has 38 heavy (non-hydrogen) atoms. The molecule has 0 spiro atoms. The number of imidazole rings is 1. The Morgan fingerprint density at radius 2 is 1.61 bits per heavy atom. The zero-order valence-electron chi connectivity index (χ0n) is 21.1. The van der Waals surface area contributed by atoms with Gasteiger partial charge in [-0.25, -0.2) is 19.8 Å². The molecule has 0 radical (unpaired) electrons. The van der Waals surface area contributed by atoms with Crippen molar-refractivity contribution in [1.29, 1.82) is 0 Å². The second kappa shape index (κ2) is 12.2. The molecule has 9 nitrogen and oxygen atoms in total. The minimum atomic E-state index is -0.514. The van der Waals surface area contributed by atoms with E-state index in [1.165, 1.54) is 10.0 Å². The molecule has 1 fully saturated rings. The predicted octanol–water partition coefficient (Wildman–Crippen LogP) is 4.41. The van der Waals surface area contributed by atoms with Gasteiger partial charge in [0, 0.05) is 50.3 Å². The first kappa shape index (κ1) is 25.2. The van der Waals surface area contributed by atoms with Gasteiger partial charge < -0.3 is 9.72 Å². The number of amides is 2. The lowest BCUT2D eigenvalue weighted by Crippen LogP contribution is -2.45. The highest BCUT2D eigenvalue weighted by Crippen LogP contribution is 2.19. The van der Waals surface area contributed by atoms with E-state index in [4.69, 9.17) is 4.74 Å². The molecule has 5 rings (SSSR count). The van der Waals surface area contributed by atoms with Crippen molar-refractivity contribution in [3.8, 4) is 0 Å². The number of pyridine rings is 1. The number of hydrogen-bond donors (Lipinski definition) is 1. The molecule has 0 aliphatic carbocycles. The number of benzene rings is 2. The van der Waals surface area contributed by atoms with E-state index in [0.29, 0.717) is 44.7 Å². The van der Waals surface area contributed by atoms with Crippen LogP contribution in [-0.4, -0.2) is 55.0 Å². The molecule has 1 aliphatic heterocycles. The van der Waals surface area contributed by atoms with E-state index in [0.717, 1.165) is 22.6 Å². The Kier molecular flexibility index (Phi) is 8.05. The fourth-order valence-corrected chi connectivity index (χ4v) is 4.45. The molecule has 2 amide bonds. The van der Waals surface area contributed by atoms with Crippen molar-refractivity contribution in [3.63, 3.8) is 0 Å². The van der Waals surface area contributed by atoms with Crippen LogP contribution in [0.25, 0.3) is 0 Å². The van der Waals surface area contributed by atoms with E-state index in [1.807, 2.05) is 79.0 Å². The molecule has 2 aromatic heterocycles. The number of hydrogen-bond acceptors (Lipinski definition) is 6. The highest BCUT2D eigenvalue weighted by Gasteiger charge is 2.32. The standard InChI is InChI=1S/C29H30N6O3/c36-28(34-17-6-18-35(34)29(37)38-22-24-7-2-1-3-8-24)25-12-10-23(11-13-25)19-33(21-27-31-15-16-32-27)20-26-9-4-5-14-30-26/h1-5,7-16H,6,17-22H2,(H,31,32). The maximum Gasteiger partial charge on any atom is 0.429 e. The van der Waals surface area contributed by atoms with Crippen molar-refractivity contribution in [1.82, 2.24) is 29.9 Å². The Morgan fingerprint density at radius 1 is 0.816 bits per heavy atom. The Labute approximate surface area is 221 Å². The summed E-state index contributed by atoms with van der Waals surface area (Å²) in [6.45, 7) is 3.05. The van der Waals surface area contributed by atoms with Crippen LogP contribution in [0.1, 0.15) is 39.4 Å². The van der Waals surface area contributed by atoms with Crippen molar-refractivity contribution in [3.05, 3.63) is 120 Å². The van der Waals surface area contributed by atoms with Gasteiger partial charge >= 0.3 is 6.09 Å². The van der Waals surface area contributed by atoms with Crippen LogP contribution in [0.2, 0.25) is 0 Å². The summed E-state index contributed by atoms with van der Waals surface area (Å²) in [4.78, 5) is 40.2. The first-order chi connectivity index (χ1) is 18.7. The van der Waals surface area contributed by atoms with E-state index in [2.05, 4.69) is 19.9 Å². The highest BCUT2D eigenvalue weighted by atomic mass is 16.6. The average Bonchev–Trinajstić information content (AvgIpc) is 3.66. The van der Waals surface area contributed by atoms with Crippen molar-refractivity contribution < 1.29 is 14.3 Å². The number of aromatic amines is 1. The Hall–Kier alpha value is -4.50. The molecular weight excluding hydrogens is 480 g/mol. The fourth-order valence-electron chi connectivity index (χ4n) is 4.45. The summed E-state index contributed by atoms with van der Waals surface area (Å²) >= 11 is 0. The smallest absolute Gasteiger partial charge is 0.429 e. The van der Waals surface area contributed by atoms with Crippen molar-refractivity contribution >= 4 is 12.0 Å². The number of nitrogens with one attached hydrogen (secondary N) is 1. The van der Waals surface area contributed by atoms with Gasteiger partial charge in [-0.3, -0.25) is 14.7 Å². The maximum absolute atomic E-state index is 13.3. The summed E-state index contributed by atoms with van der Waals surface area (Å²) in [6, 6.07) is 22.9. The molecule has 1 saturated heterocycles. The molecule has 194 valence electrons. The molecule has 9 heteroatoms. The number of nitrogens with zero attached hydrogens (tertiary/aromatic N) is 5. The SMILES string of the molecule is O=C(OCc1ccccc1)N1CCCN1C(=O)c1ccc(CN(Cc2ccccn2)Cc2ncc[nH]2)cc1. The normalized spacial score (nSPS) is 13.2. The summed E-state index contributed by atoms with van der Waals surface area (Å²) < 4.78 is 5.46. The molecule has 0 saturated carbocycles. The molecule has 3 heterocycles. The summed E-state index contributed by atoms with van der Waals surface area (Å²) in [5.41, 5.74) is 3.46. The Morgan fingerprint density at radius 3 is 2.34 bits per heavy atom. The number of H-pyrrole nitrogens is 1. The zero-order valence-corrected chi connectivity index (χ0v) is 21.1. The minimum absolute atomic E-state index is 0.167. The average molecular weight is 511 g/mol. The van der Waals surface area contributed by atoms with Gasteiger partial charge in [-0.15, -0.1) is 0 Å². The third kappa shape index (κ3) is 6.43. The molecule has 0 bridgehead atoms. The Balaban J connectivity index is 1.22. The van der Waals surface area contributed by atoms with Crippen LogP contribution < -0.4 is 0 Å². The van der Waals surface area contributed by atoms with Crippen LogP contribution in [0.4, 0.5) is 4.79 Å². The number of aromatic nitrogens is 3. The summed E-state index contributed by atoms with van der Waals surface area (Å²) in [5.74, 6) is 0.660. The third-order valence-electron chi connectivity index (χ3n) is 6.33. The van der Waals surface area contributed by atoms with E-state index >= 15 is 0 Å². The minimum Gasteiger partial charge on any atom is -0.443 e. The van der Waals surface area contributed by atoms with Crippen molar-refractivity contribution in [2.24, 2.45) is 0 Å². The fraction of sp³-hybridized carbons (Fsp3) is 0.241. The topological polar surface area (TPSA) is 94.7 Å². The predicted molar refractivity (Wildman–Crippen MR) is 141 cm³/mol. The number of ether oxygens (including phenoxy) is 1. The van der Waals surface area contributed by atoms with Gasteiger partial charge in [-0.2, -0.15) is 0 Å². The summed E-state index contributed by atoms with van der Waals surface area (Å²) in [5, 5.41) is 2.88. The lowest BCUT2D eigenvalue weighted by molar-refractivity contribution is 0.0111. The maximum atomic E-state index is 13.3. The van der Waals surface area contributed by atoms with Gasteiger partial charge in [-0.1, -0.05) is 48.5 Å². The summed E-state index contributed by atoms with van der Waals surface area (Å²) in [7, 11) is 0. The molecule has 0 unspecified atom stereocenters. The van der Waals surface area contributed by atoms with Gasteiger partial charge in [0.05, 0.1) is 12.2 Å². The number of carbonyl (C=O) groups is 2. The van der Waals surface area contributed by atoms with Crippen LogP contribution in [0.5, 0.6) is 0 Å². The summed E-state index contributed by atoms with van der Waals surface area (Å²) in [6.07, 6.45) is 5.54. The third-order valence-corrected chi connectivity index (χ3v) is 6.33. The Bertz CT molecular complexity index is 1310. The number of carbonyl (C=O) groups excluding carboxylic acids is 2. The van der Waals surface area contributed by atoms with Crippen molar-refractivity contribution in [2.45, 2.75) is 32.7 Å². The number of rotatable bonds is 9. The molecule has 2 aromatic carbocycles. The van der Waals surface area contributed by atoms with Crippen molar-refractivity contribution in [2.75, 3.05) is 13.1 Å². The van der Waals surface area contributed by atoms with Crippen LogP contribution in [-0.2, 0) is 31.0 Å². The molecule has 0 atom stereocenters. The second-order valence-electron chi connectivity index (χ2n) is 9.14. The van der Waals surface area contributed by atoms with Crippen LogP contribution in [0.3, 0.4) is 0 Å². The van der Waals surface area contributed by atoms with Gasteiger partial charge in [0.2, 0.25) is 0 Å².